The highest BCUT2D eigenvalue weighted by atomic mass is 32.2. The van der Waals surface area contributed by atoms with E-state index in [1.807, 2.05) is 60.9 Å². The van der Waals surface area contributed by atoms with Crippen LogP contribution in [0.4, 0.5) is 0 Å². The van der Waals surface area contributed by atoms with Crippen molar-refractivity contribution >= 4 is 17.7 Å². The van der Waals surface area contributed by atoms with Crippen molar-refractivity contribution in [3.63, 3.8) is 0 Å². The molecule has 5 nitrogen and oxygen atoms in total. The molecule has 0 aliphatic rings. The summed E-state index contributed by atoms with van der Waals surface area (Å²) in [6.07, 6.45) is 1.66. The molecule has 128 valence electrons. The predicted molar refractivity (Wildman–Crippen MR) is 99.8 cm³/mol. The number of carbonyl (C=O) groups excluding carboxylic acids is 1. The fourth-order valence-corrected chi connectivity index (χ4v) is 3.17. The lowest BCUT2D eigenvalue weighted by Gasteiger charge is -2.08. The van der Waals surface area contributed by atoms with Crippen LogP contribution in [-0.2, 0) is 11.3 Å². The Hall–Kier alpha value is -2.60. The van der Waals surface area contributed by atoms with E-state index >= 15 is 0 Å². The Labute approximate surface area is 151 Å². The van der Waals surface area contributed by atoms with Crippen molar-refractivity contribution in [3.8, 4) is 5.69 Å². The van der Waals surface area contributed by atoms with Crippen molar-refractivity contribution in [3.05, 3.63) is 71.5 Å². The summed E-state index contributed by atoms with van der Waals surface area (Å²) in [5, 5.41) is 11.7. The Kier molecular flexibility index (Phi) is 5.50. The molecule has 2 aromatic carbocycles. The van der Waals surface area contributed by atoms with Gasteiger partial charge in [0.25, 0.3) is 0 Å². The van der Waals surface area contributed by atoms with Gasteiger partial charge >= 0.3 is 0 Å². The first-order chi connectivity index (χ1) is 12.1. The molecule has 1 amide bonds. The van der Waals surface area contributed by atoms with Crippen molar-refractivity contribution in [2.75, 3.05) is 5.75 Å². The van der Waals surface area contributed by atoms with Gasteiger partial charge in [-0.25, -0.2) is 0 Å². The van der Waals surface area contributed by atoms with Crippen LogP contribution < -0.4 is 5.32 Å². The first kappa shape index (κ1) is 17.2. The molecule has 1 aromatic heterocycles. The number of benzene rings is 2. The van der Waals surface area contributed by atoms with E-state index in [-0.39, 0.29) is 5.91 Å². The van der Waals surface area contributed by atoms with Crippen molar-refractivity contribution in [1.29, 1.82) is 0 Å². The van der Waals surface area contributed by atoms with E-state index in [0.717, 1.165) is 11.3 Å². The van der Waals surface area contributed by atoms with E-state index in [0.29, 0.717) is 17.5 Å². The molecule has 0 radical (unpaired) electrons. The Morgan fingerprint density at radius 2 is 1.92 bits per heavy atom. The largest absolute Gasteiger partial charge is 0.351 e. The highest BCUT2D eigenvalue weighted by Gasteiger charge is 2.10. The van der Waals surface area contributed by atoms with Crippen LogP contribution >= 0.6 is 11.8 Å². The average Bonchev–Trinajstić information content (AvgIpc) is 3.07. The summed E-state index contributed by atoms with van der Waals surface area (Å²) in [6.45, 7) is 4.62. The van der Waals surface area contributed by atoms with E-state index in [9.17, 15) is 4.79 Å². The number of rotatable bonds is 6. The van der Waals surface area contributed by atoms with E-state index in [2.05, 4.69) is 21.6 Å². The lowest BCUT2D eigenvalue weighted by Crippen LogP contribution is -2.24. The number of hydrogen-bond acceptors (Lipinski definition) is 4. The maximum Gasteiger partial charge on any atom is 0.230 e. The molecule has 0 saturated carbocycles. The minimum absolute atomic E-state index is 0.0232. The Morgan fingerprint density at radius 1 is 1.12 bits per heavy atom. The third kappa shape index (κ3) is 4.70. The molecule has 3 aromatic rings. The van der Waals surface area contributed by atoms with Gasteiger partial charge in [0.15, 0.2) is 5.16 Å². The molecule has 0 aliphatic carbocycles. The van der Waals surface area contributed by atoms with Crippen molar-refractivity contribution in [2.45, 2.75) is 25.5 Å². The molecular weight excluding hydrogens is 332 g/mol. The van der Waals surface area contributed by atoms with Gasteiger partial charge in [0.2, 0.25) is 5.91 Å². The molecule has 0 atom stereocenters. The molecule has 0 aliphatic heterocycles. The Morgan fingerprint density at radius 3 is 2.68 bits per heavy atom. The molecular formula is C19H20N4OS. The summed E-state index contributed by atoms with van der Waals surface area (Å²) in [5.74, 6) is 0.279. The van der Waals surface area contributed by atoms with Gasteiger partial charge < -0.3 is 5.32 Å². The number of amides is 1. The van der Waals surface area contributed by atoms with Crippen molar-refractivity contribution in [1.82, 2.24) is 20.1 Å². The van der Waals surface area contributed by atoms with Gasteiger partial charge in [-0.15, -0.1) is 10.2 Å². The van der Waals surface area contributed by atoms with Gasteiger partial charge in [-0.05, 0) is 31.5 Å². The standard InChI is InChI=1S/C19H20N4OS/c1-14-6-8-17(9-7-14)23-13-21-22-19(23)25-12-18(24)20-11-16-5-3-4-15(2)10-16/h3-10,13H,11-12H2,1-2H3,(H,20,24). The van der Waals surface area contributed by atoms with Gasteiger partial charge in [0.1, 0.15) is 6.33 Å². The normalized spacial score (nSPS) is 10.6. The fraction of sp³-hybridized carbons (Fsp3) is 0.211. The lowest BCUT2D eigenvalue weighted by molar-refractivity contribution is -0.118. The zero-order valence-corrected chi connectivity index (χ0v) is 15.1. The Balaban J connectivity index is 1.56. The van der Waals surface area contributed by atoms with Crippen LogP contribution in [0.25, 0.3) is 5.69 Å². The Bertz CT molecular complexity index is 858. The first-order valence-corrected chi connectivity index (χ1v) is 9.02. The molecule has 0 spiro atoms. The summed E-state index contributed by atoms with van der Waals surface area (Å²) in [5.41, 5.74) is 4.47. The van der Waals surface area contributed by atoms with Gasteiger partial charge in [0.05, 0.1) is 5.75 Å². The molecule has 1 heterocycles. The van der Waals surface area contributed by atoms with Gasteiger partial charge in [-0.3, -0.25) is 9.36 Å². The maximum atomic E-state index is 12.1. The highest BCUT2D eigenvalue weighted by molar-refractivity contribution is 7.99. The van der Waals surface area contributed by atoms with Gasteiger partial charge in [0, 0.05) is 12.2 Å². The molecule has 0 saturated heterocycles. The highest BCUT2D eigenvalue weighted by Crippen LogP contribution is 2.19. The van der Waals surface area contributed by atoms with E-state index in [4.69, 9.17) is 0 Å². The summed E-state index contributed by atoms with van der Waals surface area (Å²) < 4.78 is 1.89. The summed E-state index contributed by atoms with van der Waals surface area (Å²) in [4.78, 5) is 12.1. The molecule has 0 bridgehead atoms. The SMILES string of the molecule is Cc1ccc(-n2cnnc2SCC(=O)NCc2cccc(C)c2)cc1. The number of thioether (sulfide) groups is 1. The summed E-state index contributed by atoms with van der Waals surface area (Å²) in [6, 6.07) is 16.2. The maximum absolute atomic E-state index is 12.1. The monoisotopic (exact) mass is 352 g/mol. The summed E-state index contributed by atoms with van der Waals surface area (Å²) in [7, 11) is 0. The molecule has 6 heteroatoms. The number of aryl methyl sites for hydroxylation is 2. The third-order valence-electron chi connectivity index (χ3n) is 3.73. The number of aromatic nitrogens is 3. The molecule has 1 N–H and O–H groups in total. The van der Waals surface area contributed by atoms with E-state index in [1.54, 1.807) is 6.33 Å². The lowest BCUT2D eigenvalue weighted by atomic mass is 10.1. The molecule has 0 unspecified atom stereocenters. The zero-order valence-electron chi connectivity index (χ0n) is 14.3. The smallest absolute Gasteiger partial charge is 0.230 e. The van der Waals surface area contributed by atoms with Crippen molar-refractivity contribution < 1.29 is 4.79 Å². The average molecular weight is 352 g/mol. The number of nitrogens with one attached hydrogen (secondary N) is 1. The molecule has 3 rings (SSSR count). The number of nitrogens with zero attached hydrogens (tertiary/aromatic N) is 3. The van der Waals surface area contributed by atoms with Crippen LogP contribution in [0.1, 0.15) is 16.7 Å². The third-order valence-corrected chi connectivity index (χ3v) is 4.68. The van der Waals surface area contributed by atoms with Crippen LogP contribution in [0.3, 0.4) is 0 Å². The van der Waals surface area contributed by atoms with Crippen LogP contribution in [0.2, 0.25) is 0 Å². The number of hydrogen-bond donors (Lipinski definition) is 1. The van der Waals surface area contributed by atoms with Crippen LogP contribution in [0.15, 0.2) is 60.0 Å². The predicted octanol–water partition coefficient (Wildman–Crippen LogP) is 3.29. The second kappa shape index (κ2) is 7.98. The van der Waals surface area contributed by atoms with Crippen molar-refractivity contribution in [2.24, 2.45) is 0 Å². The minimum Gasteiger partial charge on any atom is -0.351 e. The minimum atomic E-state index is -0.0232. The molecule has 25 heavy (non-hydrogen) atoms. The topological polar surface area (TPSA) is 59.8 Å². The van der Waals surface area contributed by atoms with Crippen LogP contribution in [0, 0.1) is 13.8 Å². The van der Waals surface area contributed by atoms with E-state index in [1.165, 1.54) is 22.9 Å². The van der Waals surface area contributed by atoms with E-state index < -0.39 is 0 Å². The van der Waals surface area contributed by atoms with Crippen LogP contribution in [0.5, 0.6) is 0 Å². The second-order valence-corrected chi connectivity index (χ2v) is 6.82. The first-order valence-electron chi connectivity index (χ1n) is 8.04. The zero-order chi connectivity index (χ0) is 17.6. The quantitative estimate of drug-likeness (QED) is 0.692. The van der Waals surface area contributed by atoms with Crippen LogP contribution in [-0.4, -0.2) is 26.4 Å². The fourth-order valence-electron chi connectivity index (χ4n) is 2.41. The molecule has 0 fully saturated rings. The van der Waals surface area contributed by atoms with Gasteiger partial charge in [-0.2, -0.15) is 0 Å². The van der Waals surface area contributed by atoms with Gasteiger partial charge in [-0.1, -0.05) is 59.3 Å². The number of carbonyl (C=O) groups is 1. The second-order valence-electron chi connectivity index (χ2n) is 5.87. The summed E-state index contributed by atoms with van der Waals surface area (Å²) >= 11 is 1.38.